The summed E-state index contributed by atoms with van der Waals surface area (Å²) in [4.78, 5) is 0. The third kappa shape index (κ3) is 15.8. The third-order valence-electron chi connectivity index (χ3n) is 6.89. The Morgan fingerprint density at radius 1 is 0.706 bits per heavy atom. The number of hydrogen-bond donors (Lipinski definition) is 0. The Hall–Kier alpha value is -0.970. The van der Waals surface area contributed by atoms with Crippen molar-refractivity contribution in [3.05, 3.63) is 30.6 Å². The van der Waals surface area contributed by atoms with Crippen LogP contribution in [0, 0.1) is 0 Å². The first-order valence-electron chi connectivity index (χ1n) is 14.7. The van der Waals surface area contributed by atoms with Gasteiger partial charge < -0.3 is 14.2 Å². The zero-order valence-corrected chi connectivity index (χ0v) is 22.3. The fraction of sp³-hybridized carbons (Fsp3) is 0.833. The van der Waals surface area contributed by atoms with Crippen molar-refractivity contribution < 1.29 is 18.8 Å². The largest absolute Gasteiger partial charge is 0.379 e. The van der Waals surface area contributed by atoms with Gasteiger partial charge in [-0.3, -0.25) is 0 Å². The van der Waals surface area contributed by atoms with Gasteiger partial charge >= 0.3 is 0 Å². The highest BCUT2D eigenvalue weighted by Gasteiger charge is 2.25. The fourth-order valence-electron chi connectivity index (χ4n) is 4.73. The first-order chi connectivity index (χ1) is 16.9. The molecule has 1 aliphatic rings. The summed E-state index contributed by atoms with van der Waals surface area (Å²) >= 11 is 0. The number of pyridine rings is 1. The van der Waals surface area contributed by atoms with Crippen LogP contribution in [0.15, 0.2) is 30.6 Å². The van der Waals surface area contributed by atoms with Crippen LogP contribution >= 0.6 is 0 Å². The van der Waals surface area contributed by atoms with Crippen LogP contribution in [-0.2, 0) is 20.8 Å². The summed E-state index contributed by atoms with van der Waals surface area (Å²) in [5.41, 5.74) is 0. The number of hydrogen-bond acceptors (Lipinski definition) is 3. The summed E-state index contributed by atoms with van der Waals surface area (Å²) in [5.74, 6) is 0. The van der Waals surface area contributed by atoms with Crippen molar-refractivity contribution in [2.45, 2.75) is 141 Å². The summed E-state index contributed by atoms with van der Waals surface area (Å²) < 4.78 is 19.9. The molecule has 0 radical (unpaired) electrons. The minimum Gasteiger partial charge on any atom is -0.379 e. The van der Waals surface area contributed by atoms with Gasteiger partial charge in [0.2, 0.25) is 0 Å². The zero-order valence-electron chi connectivity index (χ0n) is 22.3. The van der Waals surface area contributed by atoms with Crippen LogP contribution in [0.3, 0.4) is 0 Å². The average molecular weight is 477 g/mol. The number of ether oxygens (including phenoxy) is 3. The first-order valence-corrected chi connectivity index (χ1v) is 14.7. The van der Waals surface area contributed by atoms with Crippen molar-refractivity contribution in [1.82, 2.24) is 0 Å². The quantitative estimate of drug-likeness (QED) is 0.119. The van der Waals surface area contributed by atoms with E-state index in [0.29, 0.717) is 13.2 Å². The molecule has 196 valence electrons. The SMILES string of the molecule is CCCCCCCCCCCCCCCCC[C@@H]1OC[C@@H](COCCCC[n+]2ccccc2)O1. The molecule has 1 aromatic heterocycles. The van der Waals surface area contributed by atoms with Gasteiger partial charge in [-0.1, -0.05) is 103 Å². The van der Waals surface area contributed by atoms with Gasteiger partial charge in [0.25, 0.3) is 0 Å². The molecule has 1 fully saturated rings. The molecule has 0 aliphatic carbocycles. The lowest BCUT2D eigenvalue weighted by atomic mass is 10.0. The van der Waals surface area contributed by atoms with Crippen molar-refractivity contribution >= 4 is 0 Å². The van der Waals surface area contributed by atoms with E-state index in [2.05, 4.69) is 42.1 Å². The van der Waals surface area contributed by atoms with Crippen LogP contribution in [-0.4, -0.2) is 32.2 Å². The van der Waals surface area contributed by atoms with Gasteiger partial charge in [-0.25, -0.2) is 4.57 Å². The normalized spacial score (nSPS) is 18.0. The maximum Gasteiger partial charge on any atom is 0.168 e. The monoisotopic (exact) mass is 476 g/mol. The predicted octanol–water partition coefficient (Wildman–Crippen LogP) is 7.77. The molecular formula is C30H54NO3+. The van der Waals surface area contributed by atoms with Gasteiger partial charge in [0.1, 0.15) is 12.6 Å². The molecule has 0 N–H and O–H groups in total. The van der Waals surface area contributed by atoms with Crippen LogP contribution in [0.5, 0.6) is 0 Å². The molecule has 0 amide bonds. The van der Waals surface area contributed by atoms with Crippen molar-refractivity contribution in [3.8, 4) is 0 Å². The molecule has 0 spiro atoms. The molecule has 1 aliphatic heterocycles. The van der Waals surface area contributed by atoms with E-state index in [1.54, 1.807) is 0 Å². The van der Waals surface area contributed by atoms with Crippen LogP contribution < -0.4 is 4.57 Å². The molecule has 2 atom stereocenters. The van der Waals surface area contributed by atoms with Crippen molar-refractivity contribution in [1.29, 1.82) is 0 Å². The summed E-state index contributed by atoms with van der Waals surface area (Å²) in [6.45, 7) is 5.49. The van der Waals surface area contributed by atoms with Gasteiger partial charge in [0.05, 0.1) is 13.2 Å². The Morgan fingerprint density at radius 3 is 1.91 bits per heavy atom. The van der Waals surface area contributed by atoms with Gasteiger partial charge in [0, 0.05) is 25.2 Å². The summed E-state index contributed by atoms with van der Waals surface area (Å²) in [6.07, 6.45) is 28.6. The Labute approximate surface area is 210 Å². The second kappa shape index (κ2) is 21.3. The van der Waals surface area contributed by atoms with Crippen molar-refractivity contribution in [3.63, 3.8) is 0 Å². The van der Waals surface area contributed by atoms with Crippen LogP contribution in [0.1, 0.15) is 122 Å². The maximum absolute atomic E-state index is 6.01. The van der Waals surface area contributed by atoms with Crippen LogP contribution in [0.2, 0.25) is 0 Å². The molecule has 0 bridgehead atoms. The van der Waals surface area contributed by atoms with Gasteiger partial charge in [0.15, 0.2) is 18.7 Å². The minimum atomic E-state index is -0.00921. The minimum absolute atomic E-state index is 0.00921. The summed E-state index contributed by atoms with van der Waals surface area (Å²) in [7, 11) is 0. The highest BCUT2D eigenvalue weighted by molar-refractivity contribution is 4.83. The highest BCUT2D eigenvalue weighted by atomic mass is 16.7. The van der Waals surface area contributed by atoms with E-state index >= 15 is 0 Å². The zero-order chi connectivity index (χ0) is 23.9. The standard InChI is InChI=1S/C30H54NO3/c1-2-3-4-5-6-7-8-9-10-11-12-13-14-15-17-22-30-33-28-29(34-30)27-32-26-21-20-25-31-23-18-16-19-24-31/h16,18-19,23-24,29-30H,2-15,17,20-22,25-28H2,1H3/q+1/t29-,30-/m1/s1. The van der Waals surface area contributed by atoms with E-state index in [-0.39, 0.29) is 12.4 Å². The molecule has 0 aromatic carbocycles. The molecule has 0 unspecified atom stereocenters. The number of unbranched alkanes of at least 4 members (excludes halogenated alkanes) is 15. The molecule has 34 heavy (non-hydrogen) atoms. The van der Waals surface area contributed by atoms with E-state index < -0.39 is 0 Å². The Morgan fingerprint density at radius 2 is 1.29 bits per heavy atom. The smallest absolute Gasteiger partial charge is 0.168 e. The van der Waals surface area contributed by atoms with E-state index in [0.717, 1.165) is 32.4 Å². The predicted molar refractivity (Wildman–Crippen MR) is 141 cm³/mol. The van der Waals surface area contributed by atoms with Crippen LogP contribution in [0.4, 0.5) is 0 Å². The second-order valence-electron chi connectivity index (χ2n) is 10.2. The second-order valence-corrected chi connectivity index (χ2v) is 10.2. The topological polar surface area (TPSA) is 31.6 Å². The molecule has 4 nitrogen and oxygen atoms in total. The fourth-order valence-corrected chi connectivity index (χ4v) is 4.73. The molecule has 2 rings (SSSR count). The molecule has 4 heteroatoms. The van der Waals surface area contributed by atoms with E-state index in [4.69, 9.17) is 14.2 Å². The summed E-state index contributed by atoms with van der Waals surface area (Å²) in [6, 6.07) is 6.20. The molecule has 1 aromatic rings. The highest BCUT2D eigenvalue weighted by Crippen LogP contribution is 2.19. The number of aryl methyl sites for hydroxylation is 1. The lowest BCUT2D eigenvalue weighted by Crippen LogP contribution is -2.32. The molecule has 2 heterocycles. The molecular weight excluding hydrogens is 422 g/mol. The first kappa shape index (κ1) is 29.3. The lowest BCUT2D eigenvalue weighted by molar-refractivity contribution is -0.697. The number of nitrogens with zero attached hydrogens (tertiary/aromatic N) is 1. The Balaban J connectivity index is 1.28. The molecule has 0 saturated carbocycles. The van der Waals surface area contributed by atoms with E-state index in [1.807, 2.05) is 0 Å². The van der Waals surface area contributed by atoms with E-state index in [1.165, 1.54) is 96.3 Å². The Kier molecular flexibility index (Phi) is 18.4. The average Bonchev–Trinajstić information content (AvgIpc) is 3.32. The van der Waals surface area contributed by atoms with Crippen molar-refractivity contribution in [2.24, 2.45) is 0 Å². The van der Waals surface area contributed by atoms with Crippen molar-refractivity contribution in [2.75, 3.05) is 19.8 Å². The summed E-state index contributed by atoms with van der Waals surface area (Å²) in [5, 5.41) is 0. The molecule has 1 saturated heterocycles. The Bertz CT molecular complexity index is 553. The van der Waals surface area contributed by atoms with Gasteiger partial charge in [-0.15, -0.1) is 0 Å². The number of rotatable bonds is 23. The number of aromatic nitrogens is 1. The third-order valence-corrected chi connectivity index (χ3v) is 6.89. The van der Waals surface area contributed by atoms with E-state index in [9.17, 15) is 0 Å². The van der Waals surface area contributed by atoms with Crippen LogP contribution in [0.25, 0.3) is 0 Å². The lowest BCUT2D eigenvalue weighted by Gasteiger charge is -2.12. The van der Waals surface area contributed by atoms with Gasteiger partial charge in [-0.05, 0) is 19.3 Å². The van der Waals surface area contributed by atoms with Gasteiger partial charge in [-0.2, -0.15) is 0 Å². The maximum atomic E-state index is 6.01.